The summed E-state index contributed by atoms with van der Waals surface area (Å²) in [6, 6.07) is 10.7. The van der Waals surface area contributed by atoms with Crippen molar-refractivity contribution >= 4 is 17.4 Å². The number of aromatic nitrogens is 2. The number of rotatable bonds is 6. The van der Waals surface area contributed by atoms with Gasteiger partial charge in [-0.05, 0) is 49.2 Å². The number of nitrogens with one attached hydrogen (secondary N) is 1. The minimum absolute atomic E-state index is 0.286. The maximum absolute atomic E-state index is 12.2. The van der Waals surface area contributed by atoms with Crippen LogP contribution in [-0.4, -0.2) is 42.3 Å². The molecule has 0 saturated carbocycles. The molecule has 0 unspecified atom stereocenters. The van der Waals surface area contributed by atoms with Crippen molar-refractivity contribution in [3.05, 3.63) is 42.1 Å². The van der Waals surface area contributed by atoms with E-state index in [0.717, 1.165) is 18.9 Å². The van der Waals surface area contributed by atoms with Crippen molar-refractivity contribution in [3.8, 4) is 5.75 Å². The summed E-state index contributed by atoms with van der Waals surface area (Å²) in [5, 5.41) is 11.0. The second-order valence-corrected chi connectivity index (χ2v) is 5.59. The molecular weight excluding hydrogens is 306 g/mol. The van der Waals surface area contributed by atoms with Crippen LogP contribution in [-0.2, 0) is 0 Å². The molecule has 0 radical (unpaired) electrons. The van der Waals surface area contributed by atoms with Crippen LogP contribution in [0.15, 0.2) is 36.4 Å². The van der Waals surface area contributed by atoms with Crippen molar-refractivity contribution in [2.24, 2.45) is 5.73 Å². The van der Waals surface area contributed by atoms with Crippen LogP contribution in [0, 0.1) is 0 Å². The van der Waals surface area contributed by atoms with Gasteiger partial charge in [-0.25, -0.2) is 0 Å². The molecule has 3 N–H and O–H groups in total. The number of anilines is 2. The lowest BCUT2D eigenvalue weighted by Gasteiger charge is -2.15. The Bertz CT molecular complexity index is 666. The number of hydrogen-bond donors (Lipinski definition) is 2. The highest BCUT2D eigenvalue weighted by Crippen LogP contribution is 2.18. The number of ether oxygens (including phenoxy) is 1. The number of nitrogens with two attached hydrogens (primary N) is 1. The van der Waals surface area contributed by atoms with E-state index < -0.39 is 0 Å². The third-order valence-electron chi connectivity index (χ3n) is 3.81. The zero-order valence-corrected chi connectivity index (χ0v) is 13.4. The quantitative estimate of drug-likeness (QED) is 0.838. The molecule has 2 aromatic rings. The lowest BCUT2D eigenvalue weighted by Crippen LogP contribution is -2.21. The van der Waals surface area contributed by atoms with Gasteiger partial charge >= 0.3 is 0 Å². The molecule has 7 nitrogen and oxygen atoms in total. The van der Waals surface area contributed by atoms with Crippen molar-refractivity contribution in [3.63, 3.8) is 0 Å². The Morgan fingerprint density at radius 3 is 2.50 bits per heavy atom. The maximum atomic E-state index is 12.2. The van der Waals surface area contributed by atoms with Crippen LogP contribution < -0.4 is 20.7 Å². The zero-order valence-electron chi connectivity index (χ0n) is 13.4. The second kappa shape index (κ2) is 7.74. The van der Waals surface area contributed by atoms with Gasteiger partial charge in [-0.3, -0.25) is 4.79 Å². The molecule has 126 valence electrons. The Balaban J connectivity index is 1.59. The minimum Gasteiger partial charge on any atom is -0.492 e. The molecule has 1 aromatic heterocycles. The largest absolute Gasteiger partial charge is 0.492 e. The lowest BCUT2D eigenvalue weighted by molar-refractivity contribution is 0.102. The van der Waals surface area contributed by atoms with Gasteiger partial charge in [0.15, 0.2) is 11.5 Å². The first-order chi connectivity index (χ1) is 11.8. The van der Waals surface area contributed by atoms with E-state index in [2.05, 4.69) is 20.4 Å². The molecule has 3 rings (SSSR count). The minimum atomic E-state index is -0.286. The molecule has 1 fully saturated rings. The molecule has 1 aliphatic heterocycles. The Kier molecular flexibility index (Phi) is 5.22. The summed E-state index contributed by atoms with van der Waals surface area (Å²) in [6.45, 7) is 2.92. The molecule has 7 heteroatoms. The third kappa shape index (κ3) is 3.99. The molecule has 0 atom stereocenters. The van der Waals surface area contributed by atoms with E-state index in [1.165, 1.54) is 12.8 Å². The average Bonchev–Trinajstić information content (AvgIpc) is 3.16. The van der Waals surface area contributed by atoms with E-state index in [1.54, 1.807) is 30.3 Å². The normalized spacial score (nSPS) is 13.8. The van der Waals surface area contributed by atoms with Gasteiger partial charge in [-0.15, -0.1) is 10.2 Å². The summed E-state index contributed by atoms with van der Waals surface area (Å²) >= 11 is 0. The number of nitrogens with zero attached hydrogens (tertiary/aromatic N) is 3. The molecule has 24 heavy (non-hydrogen) atoms. The monoisotopic (exact) mass is 327 g/mol. The van der Waals surface area contributed by atoms with Gasteiger partial charge < -0.3 is 20.7 Å². The predicted octanol–water partition coefficient (Wildman–Crippen LogP) is 1.67. The third-order valence-corrected chi connectivity index (χ3v) is 3.81. The van der Waals surface area contributed by atoms with Gasteiger partial charge in [0, 0.05) is 25.3 Å². The second-order valence-electron chi connectivity index (χ2n) is 5.59. The maximum Gasteiger partial charge on any atom is 0.276 e. The smallest absolute Gasteiger partial charge is 0.276 e. The first-order valence-corrected chi connectivity index (χ1v) is 8.09. The van der Waals surface area contributed by atoms with Crippen LogP contribution in [0.1, 0.15) is 23.3 Å². The van der Waals surface area contributed by atoms with Crippen LogP contribution in [0.4, 0.5) is 11.5 Å². The van der Waals surface area contributed by atoms with Crippen LogP contribution in [0.5, 0.6) is 5.75 Å². The molecular formula is C17H21N5O2. The number of carbonyl (C=O) groups excluding carboxylic acids is 1. The zero-order chi connectivity index (χ0) is 16.8. The summed E-state index contributed by atoms with van der Waals surface area (Å²) < 4.78 is 5.40. The first kappa shape index (κ1) is 16.2. The Morgan fingerprint density at radius 1 is 1.12 bits per heavy atom. The van der Waals surface area contributed by atoms with Gasteiger partial charge in [0.05, 0.1) is 0 Å². The fourth-order valence-electron chi connectivity index (χ4n) is 2.57. The summed E-state index contributed by atoms with van der Waals surface area (Å²) in [6.07, 6.45) is 2.35. The Morgan fingerprint density at radius 2 is 1.88 bits per heavy atom. The Hall–Kier alpha value is -2.67. The van der Waals surface area contributed by atoms with Crippen molar-refractivity contribution in [2.75, 3.05) is 36.5 Å². The number of amides is 1. The average molecular weight is 327 g/mol. The van der Waals surface area contributed by atoms with Crippen LogP contribution >= 0.6 is 0 Å². The fourth-order valence-corrected chi connectivity index (χ4v) is 2.57. The Labute approximate surface area is 140 Å². The highest BCUT2D eigenvalue weighted by atomic mass is 16.5. The van der Waals surface area contributed by atoms with Gasteiger partial charge in [0.1, 0.15) is 12.4 Å². The fraction of sp³-hybridized carbons (Fsp3) is 0.353. The van der Waals surface area contributed by atoms with E-state index >= 15 is 0 Å². The highest BCUT2D eigenvalue weighted by Gasteiger charge is 2.15. The highest BCUT2D eigenvalue weighted by molar-refractivity contribution is 6.02. The van der Waals surface area contributed by atoms with E-state index in [-0.39, 0.29) is 5.91 Å². The van der Waals surface area contributed by atoms with Gasteiger partial charge in [0.2, 0.25) is 0 Å². The molecule has 1 amide bonds. The number of benzene rings is 1. The molecule has 2 heterocycles. The van der Waals surface area contributed by atoms with Gasteiger partial charge in [-0.2, -0.15) is 0 Å². The van der Waals surface area contributed by atoms with Crippen molar-refractivity contribution in [1.82, 2.24) is 10.2 Å². The van der Waals surface area contributed by atoms with Crippen molar-refractivity contribution in [2.45, 2.75) is 12.8 Å². The number of carbonyl (C=O) groups is 1. The topological polar surface area (TPSA) is 93.4 Å². The number of hydrogen-bond acceptors (Lipinski definition) is 6. The lowest BCUT2D eigenvalue weighted by atomic mass is 10.3. The summed E-state index contributed by atoms with van der Waals surface area (Å²) in [4.78, 5) is 14.4. The van der Waals surface area contributed by atoms with E-state index in [4.69, 9.17) is 10.5 Å². The van der Waals surface area contributed by atoms with Gasteiger partial charge in [0.25, 0.3) is 5.91 Å². The summed E-state index contributed by atoms with van der Waals surface area (Å²) in [5.74, 6) is 1.25. The molecule has 0 bridgehead atoms. The first-order valence-electron chi connectivity index (χ1n) is 8.09. The molecule has 0 aliphatic carbocycles. The predicted molar refractivity (Wildman–Crippen MR) is 92.4 cm³/mol. The SMILES string of the molecule is NCCOc1ccc(NC(=O)c2ccc(N3CCCC3)nn2)cc1. The molecule has 1 aromatic carbocycles. The van der Waals surface area contributed by atoms with Crippen LogP contribution in [0.3, 0.4) is 0 Å². The van der Waals surface area contributed by atoms with E-state index in [0.29, 0.717) is 30.3 Å². The van der Waals surface area contributed by atoms with E-state index in [9.17, 15) is 4.79 Å². The molecule has 1 saturated heterocycles. The van der Waals surface area contributed by atoms with E-state index in [1.807, 2.05) is 6.07 Å². The van der Waals surface area contributed by atoms with Crippen LogP contribution in [0.2, 0.25) is 0 Å². The van der Waals surface area contributed by atoms with Crippen molar-refractivity contribution < 1.29 is 9.53 Å². The standard InChI is InChI=1S/C17H21N5O2/c18-9-12-24-14-5-3-13(4-6-14)19-17(23)15-7-8-16(21-20-15)22-10-1-2-11-22/h3-8H,1-2,9-12,18H2,(H,19,23). The van der Waals surface area contributed by atoms with Crippen LogP contribution in [0.25, 0.3) is 0 Å². The summed E-state index contributed by atoms with van der Waals surface area (Å²) in [5.41, 5.74) is 6.35. The summed E-state index contributed by atoms with van der Waals surface area (Å²) in [7, 11) is 0. The van der Waals surface area contributed by atoms with Gasteiger partial charge in [-0.1, -0.05) is 0 Å². The molecule has 1 aliphatic rings. The molecule has 0 spiro atoms. The van der Waals surface area contributed by atoms with Crippen molar-refractivity contribution in [1.29, 1.82) is 0 Å².